The molecule has 104 valence electrons. The van der Waals surface area contributed by atoms with Crippen LogP contribution in [0.1, 0.15) is 28.8 Å². The molecule has 2 N–H and O–H groups in total. The van der Waals surface area contributed by atoms with Crippen LogP contribution in [0.3, 0.4) is 0 Å². The summed E-state index contributed by atoms with van der Waals surface area (Å²) in [5, 5.41) is 0. The first-order valence-corrected chi connectivity index (χ1v) is 6.56. The molecule has 2 fully saturated rings. The zero-order valence-corrected chi connectivity index (χ0v) is 10.9. The number of hydrogen-bond donors (Lipinski definition) is 1. The molecule has 0 radical (unpaired) electrons. The molecule has 1 aliphatic heterocycles. The van der Waals surface area contributed by atoms with E-state index in [2.05, 4.69) is 0 Å². The summed E-state index contributed by atoms with van der Waals surface area (Å²) in [5.74, 6) is -0.711. The Morgan fingerprint density at radius 2 is 2.05 bits per heavy atom. The Morgan fingerprint density at radius 1 is 1.30 bits per heavy atom. The molecule has 1 aliphatic carbocycles. The summed E-state index contributed by atoms with van der Waals surface area (Å²) in [6, 6.07) is 6.68. The molecule has 20 heavy (non-hydrogen) atoms. The molecule has 1 saturated heterocycles. The predicted octanol–water partition coefficient (Wildman–Crippen LogP) is 0.712. The van der Waals surface area contributed by atoms with E-state index in [-0.39, 0.29) is 31.1 Å². The van der Waals surface area contributed by atoms with E-state index in [1.165, 1.54) is 4.90 Å². The van der Waals surface area contributed by atoms with Crippen molar-refractivity contribution < 1.29 is 14.4 Å². The Labute approximate surface area is 116 Å². The summed E-state index contributed by atoms with van der Waals surface area (Å²) in [6.45, 7) is 0.348. The third-order valence-electron chi connectivity index (χ3n) is 3.62. The van der Waals surface area contributed by atoms with Crippen LogP contribution in [0.2, 0.25) is 0 Å². The number of amides is 4. The lowest BCUT2D eigenvalue weighted by atomic mass is 10.1. The van der Waals surface area contributed by atoms with Crippen molar-refractivity contribution in [1.29, 1.82) is 0 Å². The van der Waals surface area contributed by atoms with Crippen LogP contribution in [-0.4, -0.2) is 40.2 Å². The third-order valence-corrected chi connectivity index (χ3v) is 3.62. The standard InChI is InChI=1S/C14H15N3O3/c15-13(19)10-3-1-2-9(6-10)7-17-12(18)8-16(14(17)20)11-4-5-11/h1-3,6,11H,4-5,7-8H2,(H2,15,19). The normalized spacial score (nSPS) is 18.8. The number of carbonyl (C=O) groups is 3. The van der Waals surface area contributed by atoms with Gasteiger partial charge in [-0.05, 0) is 30.5 Å². The molecule has 3 rings (SSSR count). The van der Waals surface area contributed by atoms with Crippen LogP contribution in [0, 0.1) is 0 Å². The van der Waals surface area contributed by atoms with E-state index < -0.39 is 5.91 Å². The zero-order chi connectivity index (χ0) is 14.3. The van der Waals surface area contributed by atoms with Crippen LogP contribution in [0.4, 0.5) is 4.79 Å². The highest BCUT2D eigenvalue weighted by Crippen LogP contribution is 2.30. The molecular weight excluding hydrogens is 258 g/mol. The fraction of sp³-hybridized carbons (Fsp3) is 0.357. The maximum absolute atomic E-state index is 12.2. The number of hydrogen-bond acceptors (Lipinski definition) is 3. The monoisotopic (exact) mass is 273 g/mol. The van der Waals surface area contributed by atoms with Gasteiger partial charge in [0.2, 0.25) is 5.91 Å². The van der Waals surface area contributed by atoms with Gasteiger partial charge in [0.05, 0.1) is 6.54 Å². The van der Waals surface area contributed by atoms with E-state index in [0.29, 0.717) is 5.56 Å². The van der Waals surface area contributed by atoms with Gasteiger partial charge < -0.3 is 10.6 Å². The lowest BCUT2D eigenvalue weighted by Crippen LogP contribution is -2.33. The van der Waals surface area contributed by atoms with E-state index in [4.69, 9.17) is 5.73 Å². The van der Waals surface area contributed by atoms with Crippen molar-refractivity contribution in [3.63, 3.8) is 0 Å². The van der Waals surface area contributed by atoms with Gasteiger partial charge in [-0.15, -0.1) is 0 Å². The second-order valence-electron chi connectivity index (χ2n) is 5.19. The van der Waals surface area contributed by atoms with E-state index in [1.54, 1.807) is 29.2 Å². The molecule has 6 heteroatoms. The molecule has 0 bridgehead atoms. The molecule has 0 aromatic heterocycles. The molecular formula is C14H15N3O3. The highest BCUT2D eigenvalue weighted by molar-refractivity contribution is 6.02. The lowest BCUT2D eigenvalue weighted by Gasteiger charge is -2.16. The molecule has 1 aromatic rings. The van der Waals surface area contributed by atoms with Crippen molar-refractivity contribution in [1.82, 2.24) is 9.80 Å². The van der Waals surface area contributed by atoms with Crippen molar-refractivity contribution in [3.8, 4) is 0 Å². The van der Waals surface area contributed by atoms with Crippen LogP contribution in [0.25, 0.3) is 0 Å². The van der Waals surface area contributed by atoms with Gasteiger partial charge in [0.15, 0.2) is 0 Å². The minimum atomic E-state index is -0.523. The van der Waals surface area contributed by atoms with Gasteiger partial charge in [-0.3, -0.25) is 14.5 Å². The minimum Gasteiger partial charge on any atom is -0.366 e. The number of nitrogens with zero attached hydrogens (tertiary/aromatic N) is 2. The van der Waals surface area contributed by atoms with E-state index in [1.807, 2.05) is 0 Å². The van der Waals surface area contributed by atoms with Gasteiger partial charge in [-0.25, -0.2) is 4.79 Å². The summed E-state index contributed by atoms with van der Waals surface area (Å²) in [7, 11) is 0. The average Bonchev–Trinajstić information content (AvgIpc) is 3.22. The Balaban J connectivity index is 1.77. The van der Waals surface area contributed by atoms with E-state index in [9.17, 15) is 14.4 Å². The molecule has 6 nitrogen and oxygen atoms in total. The lowest BCUT2D eigenvalue weighted by molar-refractivity contribution is -0.125. The molecule has 4 amide bonds. The highest BCUT2D eigenvalue weighted by Gasteiger charge is 2.43. The van der Waals surface area contributed by atoms with Gasteiger partial charge in [-0.2, -0.15) is 0 Å². The van der Waals surface area contributed by atoms with Gasteiger partial charge in [-0.1, -0.05) is 12.1 Å². The van der Waals surface area contributed by atoms with Gasteiger partial charge >= 0.3 is 6.03 Å². The first-order chi connectivity index (χ1) is 9.56. The van der Waals surface area contributed by atoms with Crippen LogP contribution >= 0.6 is 0 Å². The van der Waals surface area contributed by atoms with Crippen molar-refractivity contribution in [2.45, 2.75) is 25.4 Å². The number of imide groups is 1. The van der Waals surface area contributed by atoms with Crippen LogP contribution < -0.4 is 5.73 Å². The number of rotatable bonds is 4. The van der Waals surface area contributed by atoms with Gasteiger partial charge in [0.25, 0.3) is 5.91 Å². The molecule has 1 saturated carbocycles. The van der Waals surface area contributed by atoms with Crippen LogP contribution in [0.15, 0.2) is 24.3 Å². The van der Waals surface area contributed by atoms with E-state index >= 15 is 0 Å². The molecule has 2 aliphatic rings. The van der Waals surface area contributed by atoms with Gasteiger partial charge in [0, 0.05) is 11.6 Å². The zero-order valence-electron chi connectivity index (χ0n) is 10.9. The molecule has 0 spiro atoms. The fourth-order valence-corrected chi connectivity index (χ4v) is 2.39. The summed E-state index contributed by atoms with van der Waals surface area (Å²) in [4.78, 5) is 38.1. The first kappa shape index (κ1) is 12.7. The maximum atomic E-state index is 12.2. The average molecular weight is 273 g/mol. The Hall–Kier alpha value is -2.37. The number of carbonyl (C=O) groups excluding carboxylic acids is 3. The Bertz CT molecular complexity index is 595. The summed E-state index contributed by atoms with van der Waals surface area (Å²) < 4.78 is 0. The van der Waals surface area contributed by atoms with E-state index in [0.717, 1.165) is 18.4 Å². The first-order valence-electron chi connectivity index (χ1n) is 6.56. The van der Waals surface area contributed by atoms with Crippen molar-refractivity contribution >= 4 is 17.8 Å². The second kappa shape index (κ2) is 4.63. The Morgan fingerprint density at radius 3 is 2.70 bits per heavy atom. The molecule has 1 heterocycles. The third kappa shape index (κ3) is 2.24. The largest absolute Gasteiger partial charge is 0.366 e. The smallest absolute Gasteiger partial charge is 0.327 e. The number of primary amides is 1. The maximum Gasteiger partial charge on any atom is 0.327 e. The van der Waals surface area contributed by atoms with Crippen molar-refractivity contribution in [2.75, 3.05) is 6.54 Å². The second-order valence-corrected chi connectivity index (χ2v) is 5.19. The SMILES string of the molecule is NC(=O)c1cccc(CN2C(=O)CN(C3CC3)C2=O)c1. The number of urea groups is 1. The highest BCUT2D eigenvalue weighted by atomic mass is 16.2. The molecule has 0 unspecified atom stereocenters. The summed E-state index contributed by atoms with van der Waals surface area (Å²) in [6.07, 6.45) is 1.95. The quantitative estimate of drug-likeness (QED) is 0.820. The van der Waals surface area contributed by atoms with Crippen molar-refractivity contribution in [2.24, 2.45) is 5.73 Å². The summed E-state index contributed by atoms with van der Waals surface area (Å²) >= 11 is 0. The minimum absolute atomic E-state index is 0.166. The van der Waals surface area contributed by atoms with Crippen LogP contribution in [-0.2, 0) is 11.3 Å². The number of nitrogens with two attached hydrogens (primary N) is 1. The Kier molecular flexibility index (Phi) is 2.93. The number of benzene rings is 1. The summed E-state index contributed by atoms with van der Waals surface area (Å²) in [5.41, 5.74) is 6.32. The predicted molar refractivity (Wildman–Crippen MR) is 70.6 cm³/mol. The molecule has 1 aromatic carbocycles. The topological polar surface area (TPSA) is 83.7 Å². The van der Waals surface area contributed by atoms with Crippen molar-refractivity contribution in [3.05, 3.63) is 35.4 Å². The molecule has 0 atom stereocenters. The fourth-order valence-electron chi connectivity index (χ4n) is 2.39. The van der Waals surface area contributed by atoms with Crippen LogP contribution in [0.5, 0.6) is 0 Å². The van der Waals surface area contributed by atoms with Gasteiger partial charge in [0.1, 0.15) is 6.54 Å².